The molecular formula is C24H22F3N3O3. The van der Waals surface area contributed by atoms with Crippen LogP contribution in [0.5, 0.6) is 0 Å². The fourth-order valence-electron chi connectivity index (χ4n) is 2.77. The average molecular weight is 457 g/mol. The molecule has 0 amide bonds. The first kappa shape index (κ1) is 23.9. The van der Waals surface area contributed by atoms with Crippen molar-refractivity contribution in [1.29, 1.82) is 0 Å². The van der Waals surface area contributed by atoms with Gasteiger partial charge in [-0.15, -0.1) is 0 Å². The maximum Gasteiger partial charge on any atom is 0.416 e. The summed E-state index contributed by atoms with van der Waals surface area (Å²) in [7, 11) is 0. The van der Waals surface area contributed by atoms with Gasteiger partial charge in [0.2, 0.25) is 5.76 Å². The van der Waals surface area contributed by atoms with Crippen LogP contribution < -0.4 is 5.32 Å². The summed E-state index contributed by atoms with van der Waals surface area (Å²) in [6, 6.07) is 7.80. The molecule has 0 fully saturated rings. The lowest BCUT2D eigenvalue weighted by Crippen LogP contribution is -2.06. The zero-order valence-corrected chi connectivity index (χ0v) is 18.1. The zero-order chi connectivity index (χ0) is 23.8. The molecule has 3 aromatic rings. The standard InChI is InChI=1S/C24H22F3N3O3/c1-3-4-13-32-23(31)21-12-10-19(33-21)14-28-22-20(16(2)29-15-30-22)11-7-17-5-8-18(9-6-17)24(25,26)27/h5-6,8-10,12,15H,3-4,13-14H2,1-2H3,(H,28,29,30). The molecule has 2 aromatic heterocycles. The van der Waals surface area contributed by atoms with E-state index in [2.05, 4.69) is 27.1 Å². The number of benzene rings is 1. The monoisotopic (exact) mass is 457 g/mol. The molecule has 1 N–H and O–H groups in total. The van der Waals surface area contributed by atoms with Gasteiger partial charge in [-0.25, -0.2) is 14.8 Å². The topological polar surface area (TPSA) is 77.2 Å². The number of anilines is 1. The smallest absolute Gasteiger partial charge is 0.416 e. The van der Waals surface area contributed by atoms with Crippen LogP contribution in [0.1, 0.15) is 58.5 Å². The predicted octanol–water partition coefficient (Wildman–Crippen LogP) is 5.37. The Morgan fingerprint density at radius 3 is 2.58 bits per heavy atom. The van der Waals surface area contributed by atoms with Crippen molar-refractivity contribution >= 4 is 11.8 Å². The molecule has 0 atom stereocenters. The van der Waals surface area contributed by atoms with Gasteiger partial charge in [-0.2, -0.15) is 13.2 Å². The highest BCUT2D eigenvalue weighted by molar-refractivity contribution is 5.86. The van der Waals surface area contributed by atoms with Crippen LogP contribution in [0.2, 0.25) is 0 Å². The van der Waals surface area contributed by atoms with Gasteiger partial charge in [-0.05, 0) is 49.7 Å². The Kier molecular flexibility index (Phi) is 7.72. The summed E-state index contributed by atoms with van der Waals surface area (Å²) in [6.45, 7) is 4.32. The van der Waals surface area contributed by atoms with Gasteiger partial charge in [0, 0.05) is 5.56 Å². The molecule has 0 bridgehead atoms. The van der Waals surface area contributed by atoms with Crippen LogP contribution in [-0.2, 0) is 17.5 Å². The second-order valence-electron chi connectivity index (χ2n) is 7.12. The molecular weight excluding hydrogens is 435 g/mol. The normalized spacial score (nSPS) is 10.9. The number of halogens is 3. The summed E-state index contributed by atoms with van der Waals surface area (Å²) in [5.74, 6) is 6.29. The first-order valence-electron chi connectivity index (χ1n) is 10.3. The van der Waals surface area contributed by atoms with Gasteiger partial charge in [-0.3, -0.25) is 0 Å². The number of hydrogen-bond donors (Lipinski definition) is 1. The number of furan rings is 1. The van der Waals surface area contributed by atoms with E-state index in [9.17, 15) is 18.0 Å². The number of nitrogens with zero attached hydrogens (tertiary/aromatic N) is 2. The van der Waals surface area contributed by atoms with E-state index in [0.29, 0.717) is 35.0 Å². The van der Waals surface area contributed by atoms with Gasteiger partial charge in [0.05, 0.1) is 30.0 Å². The van der Waals surface area contributed by atoms with Crippen LogP contribution in [0, 0.1) is 18.8 Å². The first-order chi connectivity index (χ1) is 15.8. The van der Waals surface area contributed by atoms with Crippen LogP contribution >= 0.6 is 0 Å². The molecule has 0 aliphatic rings. The summed E-state index contributed by atoms with van der Waals surface area (Å²) in [6.07, 6.45) is -1.32. The molecule has 0 saturated heterocycles. The number of unbranched alkanes of at least 4 members (excludes halogenated alkanes) is 1. The predicted molar refractivity (Wildman–Crippen MR) is 115 cm³/mol. The van der Waals surface area contributed by atoms with Crippen LogP contribution in [0.25, 0.3) is 0 Å². The van der Waals surface area contributed by atoms with E-state index >= 15 is 0 Å². The van der Waals surface area contributed by atoms with Crippen molar-refractivity contribution < 1.29 is 27.1 Å². The summed E-state index contributed by atoms with van der Waals surface area (Å²) in [5, 5.41) is 3.09. The second kappa shape index (κ2) is 10.7. The maximum absolute atomic E-state index is 12.7. The van der Waals surface area contributed by atoms with E-state index in [4.69, 9.17) is 9.15 Å². The highest BCUT2D eigenvalue weighted by Crippen LogP contribution is 2.29. The minimum atomic E-state index is -4.40. The third-order valence-electron chi connectivity index (χ3n) is 4.60. The summed E-state index contributed by atoms with van der Waals surface area (Å²) in [5.41, 5.74) is 0.797. The molecule has 2 heterocycles. The van der Waals surface area contributed by atoms with Crippen molar-refractivity contribution in [3.63, 3.8) is 0 Å². The fraction of sp³-hybridized carbons (Fsp3) is 0.292. The van der Waals surface area contributed by atoms with Gasteiger partial charge in [0.25, 0.3) is 0 Å². The van der Waals surface area contributed by atoms with Crippen molar-refractivity contribution in [3.05, 3.63) is 76.6 Å². The lowest BCUT2D eigenvalue weighted by Gasteiger charge is -2.08. The highest BCUT2D eigenvalue weighted by Gasteiger charge is 2.29. The Labute approximate surface area is 189 Å². The first-order valence-corrected chi connectivity index (χ1v) is 10.3. The minimum absolute atomic E-state index is 0.115. The molecule has 3 rings (SSSR count). The van der Waals surface area contributed by atoms with Gasteiger partial charge in [0.15, 0.2) is 0 Å². The van der Waals surface area contributed by atoms with E-state index in [1.807, 2.05) is 6.92 Å². The molecule has 33 heavy (non-hydrogen) atoms. The minimum Gasteiger partial charge on any atom is -0.460 e. The van der Waals surface area contributed by atoms with Gasteiger partial charge < -0.3 is 14.5 Å². The molecule has 1 aromatic carbocycles. The summed E-state index contributed by atoms with van der Waals surface area (Å²) >= 11 is 0. The van der Waals surface area contributed by atoms with Crippen LogP contribution in [0.15, 0.2) is 47.1 Å². The molecule has 0 saturated carbocycles. The van der Waals surface area contributed by atoms with Crippen molar-refractivity contribution in [2.45, 2.75) is 39.4 Å². The van der Waals surface area contributed by atoms with E-state index < -0.39 is 17.7 Å². The van der Waals surface area contributed by atoms with Gasteiger partial charge >= 0.3 is 12.1 Å². The van der Waals surface area contributed by atoms with Crippen LogP contribution in [0.4, 0.5) is 19.0 Å². The molecule has 9 heteroatoms. The number of hydrogen-bond acceptors (Lipinski definition) is 6. The second-order valence-corrected chi connectivity index (χ2v) is 7.12. The largest absolute Gasteiger partial charge is 0.460 e. The number of aryl methyl sites for hydroxylation is 1. The quantitative estimate of drug-likeness (QED) is 0.292. The molecule has 0 unspecified atom stereocenters. The number of nitrogens with one attached hydrogen (secondary N) is 1. The van der Waals surface area contributed by atoms with Crippen molar-refractivity contribution in [3.8, 4) is 11.8 Å². The Balaban J connectivity index is 1.70. The van der Waals surface area contributed by atoms with E-state index in [0.717, 1.165) is 25.0 Å². The lowest BCUT2D eigenvalue weighted by atomic mass is 10.1. The highest BCUT2D eigenvalue weighted by atomic mass is 19.4. The number of aromatic nitrogens is 2. The number of ether oxygens (including phenoxy) is 1. The van der Waals surface area contributed by atoms with Crippen molar-refractivity contribution in [2.24, 2.45) is 0 Å². The number of esters is 1. The van der Waals surface area contributed by atoms with E-state index in [1.54, 1.807) is 19.1 Å². The molecule has 172 valence electrons. The number of carbonyl (C=O) groups excluding carboxylic acids is 1. The third-order valence-corrected chi connectivity index (χ3v) is 4.60. The summed E-state index contributed by atoms with van der Waals surface area (Å²) in [4.78, 5) is 20.3. The number of carbonyl (C=O) groups is 1. The van der Waals surface area contributed by atoms with Gasteiger partial charge in [0.1, 0.15) is 17.9 Å². The van der Waals surface area contributed by atoms with Crippen LogP contribution in [-0.4, -0.2) is 22.5 Å². The number of alkyl halides is 3. The maximum atomic E-state index is 12.7. The molecule has 0 radical (unpaired) electrons. The summed E-state index contributed by atoms with van der Waals surface area (Å²) < 4.78 is 48.8. The molecule has 0 aliphatic heterocycles. The molecule has 0 spiro atoms. The lowest BCUT2D eigenvalue weighted by molar-refractivity contribution is -0.137. The SMILES string of the molecule is CCCCOC(=O)c1ccc(CNc2ncnc(C)c2C#Cc2ccc(C(F)(F)F)cc2)o1. The Morgan fingerprint density at radius 2 is 1.88 bits per heavy atom. The third kappa shape index (κ3) is 6.59. The van der Waals surface area contributed by atoms with E-state index in [-0.39, 0.29) is 12.3 Å². The molecule has 6 nitrogen and oxygen atoms in total. The fourth-order valence-corrected chi connectivity index (χ4v) is 2.77. The Morgan fingerprint density at radius 1 is 1.12 bits per heavy atom. The zero-order valence-electron chi connectivity index (χ0n) is 18.1. The van der Waals surface area contributed by atoms with Crippen molar-refractivity contribution in [2.75, 3.05) is 11.9 Å². The van der Waals surface area contributed by atoms with Gasteiger partial charge in [-0.1, -0.05) is 25.2 Å². The van der Waals surface area contributed by atoms with Crippen molar-refractivity contribution in [1.82, 2.24) is 9.97 Å². The average Bonchev–Trinajstić information content (AvgIpc) is 3.26. The Bertz CT molecular complexity index is 1160. The van der Waals surface area contributed by atoms with Crippen LogP contribution in [0.3, 0.4) is 0 Å². The molecule has 0 aliphatic carbocycles. The number of rotatable bonds is 7. The van der Waals surface area contributed by atoms with E-state index in [1.165, 1.54) is 18.5 Å². The Hall–Kier alpha value is -3.80.